The van der Waals surface area contributed by atoms with Gasteiger partial charge in [-0.15, -0.1) is 0 Å². The van der Waals surface area contributed by atoms with Gasteiger partial charge in [0.15, 0.2) is 0 Å². The molecule has 0 aliphatic carbocycles. The molecular formula is C20H27N. The number of benzene rings is 1. The summed E-state index contributed by atoms with van der Waals surface area (Å²) in [6.45, 7) is 8.83. The molecule has 1 heterocycles. The first-order valence-electron chi connectivity index (χ1n) is 8.19. The summed E-state index contributed by atoms with van der Waals surface area (Å²) in [5.41, 5.74) is 6.35. The van der Waals surface area contributed by atoms with E-state index in [2.05, 4.69) is 64.2 Å². The maximum absolute atomic E-state index is 4.71. The Hall–Kier alpha value is -1.63. The van der Waals surface area contributed by atoms with Crippen molar-refractivity contribution in [2.45, 2.75) is 59.3 Å². The van der Waals surface area contributed by atoms with Crippen molar-refractivity contribution >= 4 is 0 Å². The van der Waals surface area contributed by atoms with Crippen molar-refractivity contribution in [3.05, 3.63) is 53.2 Å². The summed E-state index contributed by atoms with van der Waals surface area (Å²) >= 11 is 0. The SMILES string of the molecule is CCCC(CCC)c1ccc(-c2ccc(C)c(C)c2)nc1. The second-order valence-electron chi connectivity index (χ2n) is 6.05. The minimum Gasteiger partial charge on any atom is -0.256 e. The molecule has 2 aromatic rings. The topological polar surface area (TPSA) is 12.9 Å². The summed E-state index contributed by atoms with van der Waals surface area (Å²) in [7, 11) is 0. The summed E-state index contributed by atoms with van der Waals surface area (Å²) in [5, 5.41) is 0. The van der Waals surface area contributed by atoms with Crippen LogP contribution in [0.1, 0.15) is 62.1 Å². The molecule has 1 aromatic heterocycles. The van der Waals surface area contributed by atoms with E-state index in [1.54, 1.807) is 0 Å². The minimum absolute atomic E-state index is 0.668. The van der Waals surface area contributed by atoms with Crippen LogP contribution in [0.15, 0.2) is 36.5 Å². The molecule has 2 rings (SSSR count). The maximum atomic E-state index is 4.71. The van der Waals surface area contributed by atoms with Crippen LogP contribution < -0.4 is 0 Å². The van der Waals surface area contributed by atoms with Gasteiger partial charge in [-0.1, -0.05) is 44.9 Å². The molecule has 0 aliphatic rings. The third-order valence-corrected chi connectivity index (χ3v) is 4.33. The van der Waals surface area contributed by atoms with E-state index in [0.717, 1.165) is 5.69 Å². The van der Waals surface area contributed by atoms with Crippen molar-refractivity contribution in [1.29, 1.82) is 0 Å². The van der Waals surface area contributed by atoms with Crippen LogP contribution >= 0.6 is 0 Å². The zero-order valence-electron chi connectivity index (χ0n) is 13.8. The lowest BCUT2D eigenvalue weighted by molar-refractivity contribution is 0.559. The van der Waals surface area contributed by atoms with Crippen LogP contribution in [0.3, 0.4) is 0 Å². The smallest absolute Gasteiger partial charge is 0.0702 e. The standard InChI is InChI=1S/C20H27N/c1-5-7-17(8-6-2)19-11-12-20(21-14-19)18-10-9-15(3)16(4)13-18/h9-14,17H,5-8H2,1-4H3. The quantitative estimate of drug-likeness (QED) is 0.628. The Kier molecular flexibility index (Phi) is 5.55. The van der Waals surface area contributed by atoms with Crippen molar-refractivity contribution in [3.63, 3.8) is 0 Å². The number of aromatic nitrogens is 1. The normalized spacial score (nSPS) is 11.1. The zero-order chi connectivity index (χ0) is 15.2. The fourth-order valence-corrected chi connectivity index (χ4v) is 2.89. The van der Waals surface area contributed by atoms with E-state index in [0.29, 0.717) is 5.92 Å². The van der Waals surface area contributed by atoms with Crippen molar-refractivity contribution < 1.29 is 0 Å². The van der Waals surface area contributed by atoms with Gasteiger partial charge in [0.25, 0.3) is 0 Å². The molecule has 0 saturated heterocycles. The molecule has 21 heavy (non-hydrogen) atoms. The second-order valence-corrected chi connectivity index (χ2v) is 6.05. The highest BCUT2D eigenvalue weighted by atomic mass is 14.7. The van der Waals surface area contributed by atoms with Crippen LogP contribution in [0.2, 0.25) is 0 Å². The molecule has 0 fully saturated rings. The highest BCUT2D eigenvalue weighted by Crippen LogP contribution is 2.27. The fourth-order valence-electron chi connectivity index (χ4n) is 2.89. The highest BCUT2D eigenvalue weighted by Gasteiger charge is 2.10. The predicted octanol–water partition coefficient (Wildman–Crippen LogP) is 6.05. The molecule has 0 radical (unpaired) electrons. The monoisotopic (exact) mass is 281 g/mol. The van der Waals surface area contributed by atoms with Crippen molar-refractivity contribution in [2.75, 3.05) is 0 Å². The third-order valence-electron chi connectivity index (χ3n) is 4.33. The average Bonchev–Trinajstić information content (AvgIpc) is 2.50. The molecule has 0 atom stereocenters. The molecule has 0 aliphatic heterocycles. The Bertz CT molecular complexity index is 563. The lowest BCUT2D eigenvalue weighted by Crippen LogP contribution is -1.99. The fraction of sp³-hybridized carbons (Fsp3) is 0.450. The Morgan fingerprint density at radius 3 is 2.14 bits per heavy atom. The molecule has 0 amide bonds. The van der Waals surface area contributed by atoms with Gasteiger partial charge in [0.2, 0.25) is 0 Å². The van der Waals surface area contributed by atoms with E-state index in [1.165, 1.54) is 47.9 Å². The molecule has 0 saturated carbocycles. The third kappa shape index (κ3) is 3.93. The van der Waals surface area contributed by atoms with Gasteiger partial charge < -0.3 is 0 Å². The molecule has 0 N–H and O–H groups in total. The van der Waals surface area contributed by atoms with E-state index in [-0.39, 0.29) is 0 Å². The Balaban J connectivity index is 2.22. The molecule has 0 spiro atoms. The number of aryl methyl sites for hydroxylation is 2. The average molecular weight is 281 g/mol. The van der Waals surface area contributed by atoms with Crippen LogP contribution in [0, 0.1) is 13.8 Å². The molecule has 1 aromatic carbocycles. The summed E-state index contributed by atoms with van der Waals surface area (Å²) in [6.07, 6.45) is 7.09. The van der Waals surface area contributed by atoms with Crippen molar-refractivity contribution in [2.24, 2.45) is 0 Å². The zero-order valence-corrected chi connectivity index (χ0v) is 13.8. The molecule has 0 unspecified atom stereocenters. The largest absolute Gasteiger partial charge is 0.256 e. The second kappa shape index (κ2) is 7.40. The van der Waals surface area contributed by atoms with Gasteiger partial charge in [-0.25, -0.2) is 0 Å². The van der Waals surface area contributed by atoms with E-state index in [4.69, 9.17) is 4.98 Å². The van der Waals surface area contributed by atoms with Crippen LogP contribution in [0.25, 0.3) is 11.3 Å². The van der Waals surface area contributed by atoms with Gasteiger partial charge in [-0.2, -0.15) is 0 Å². The lowest BCUT2D eigenvalue weighted by Gasteiger charge is -2.15. The van der Waals surface area contributed by atoms with E-state index in [9.17, 15) is 0 Å². The number of nitrogens with zero attached hydrogens (tertiary/aromatic N) is 1. The van der Waals surface area contributed by atoms with Gasteiger partial charge in [0.05, 0.1) is 5.69 Å². The predicted molar refractivity (Wildman–Crippen MR) is 91.7 cm³/mol. The summed E-state index contributed by atoms with van der Waals surface area (Å²) in [5.74, 6) is 0.668. The first kappa shape index (κ1) is 15.8. The number of hydrogen-bond donors (Lipinski definition) is 0. The van der Waals surface area contributed by atoms with Gasteiger partial charge in [-0.05, 0) is 61.4 Å². The summed E-state index contributed by atoms with van der Waals surface area (Å²) < 4.78 is 0. The van der Waals surface area contributed by atoms with E-state index < -0.39 is 0 Å². The molecule has 1 heteroatoms. The van der Waals surface area contributed by atoms with Crippen LogP contribution in [-0.2, 0) is 0 Å². The summed E-state index contributed by atoms with van der Waals surface area (Å²) in [6, 6.07) is 11.0. The van der Waals surface area contributed by atoms with Gasteiger partial charge >= 0.3 is 0 Å². The van der Waals surface area contributed by atoms with Gasteiger partial charge in [0.1, 0.15) is 0 Å². The van der Waals surface area contributed by atoms with Crippen LogP contribution in [-0.4, -0.2) is 4.98 Å². The van der Waals surface area contributed by atoms with Crippen LogP contribution in [0.5, 0.6) is 0 Å². The van der Waals surface area contributed by atoms with E-state index in [1.807, 2.05) is 0 Å². The molecule has 112 valence electrons. The highest BCUT2D eigenvalue weighted by molar-refractivity contribution is 5.61. The van der Waals surface area contributed by atoms with Crippen LogP contribution in [0.4, 0.5) is 0 Å². The minimum atomic E-state index is 0.668. The van der Waals surface area contributed by atoms with E-state index >= 15 is 0 Å². The van der Waals surface area contributed by atoms with Gasteiger partial charge in [-0.3, -0.25) is 4.98 Å². The number of rotatable bonds is 6. The molecule has 1 nitrogen and oxygen atoms in total. The van der Waals surface area contributed by atoms with Crippen molar-refractivity contribution in [3.8, 4) is 11.3 Å². The first-order chi connectivity index (χ1) is 10.2. The Morgan fingerprint density at radius 2 is 1.62 bits per heavy atom. The van der Waals surface area contributed by atoms with Gasteiger partial charge in [0, 0.05) is 11.8 Å². The van der Waals surface area contributed by atoms with Crippen molar-refractivity contribution in [1.82, 2.24) is 4.98 Å². The number of pyridine rings is 1. The first-order valence-corrected chi connectivity index (χ1v) is 8.19. The maximum Gasteiger partial charge on any atom is 0.0702 e. The summed E-state index contributed by atoms with van der Waals surface area (Å²) in [4.78, 5) is 4.71. The Morgan fingerprint density at radius 1 is 0.905 bits per heavy atom. The molecule has 0 bridgehead atoms. The lowest BCUT2D eigenvalue weighted by atomic mass is 9.91. The molecular weight excluding hydrogens is 254 g/mol. The number of hydrogen-bond acceptors (Lipinski definition) is 1. The Labute approximate surface area is 129 Å².